The zero-order valence-corrected chi connectivity index (χ0v) is 9.06. The smallest absolute Gasteiger partial charge is 0.0964 e. The number of nitrogens with one attached hydrogen (secondary N) is 1. The molecule has 1 heterocycles. The van der Waals surface area contributed by atoms with E-state index in [-0.39, 0.29) is 12.1 Å². The third-order valence-electron chi connectivity index (χ3n) is 2.95. The van der Waals surface area contributed by atoms with E-state index in [1.807, 2.05) is 17.9 Å². The van der Waals surface area contributed by atoms with Gasteiger partial charge in [-0.25, -0.2) is 4.68 Å². The lowest BCUT2D eigenvalue weighted by atomic mass is 9.93. The molecule has 15 heavy (non-hydrogen) atoms. The molecule has 0 spiro atoms. The Morgan fingerprint density at radius 1 is 1.53 bits per heavy atom. The van der Waals surface area contributed by atoms with Crippen LogP contribution in [0.15, 0.2) is 6.20 Å². The second-order valence-corrected chi connectivity index (χ2v) is 4.14. The maximum absolute atomic E-state index is 9.86. The number of rotatable bonds is 3. The first-order valence-corrected chi connectivity index (χ1v) is 5.54. The van der Waals surface area contributed by atoms with Gasteiger partial charge in [0.05, 0.1) is 24.0 Å². The summed E-state index contributed by atoms with van der Waals surface area (Å²) in [6.07, 6.45) is 5.84. The Labute approximate surface area is 89.5 Å². The molecule has 1 aromatic rings. The summed E-state index contributed by atoms with van der Waals surface area (Å²) in [6.45, 7) is 0.725. The Hall–Kier alpha value is -0.940. The molecule has 0 saturated heterocycles. The van der Waals surface area contributed by atoms with Crippen LogP contribution in [0.1, 0.15) is 37.4 Å². The first kappa shape index (κ1) is 10.6. The van der Waals surface area contributed by atoms with Gasteiger partial charge in [-0.05, 0) is 19.9 Å². The minimum Gasteiger partial charge on any atom is -0.391 e. The summed E-state index contributed by atoms with van der Waals surface area (Å²) in [5, 5.41) is 21.0. The monoisotopic (exact) mass is 210 g/mol. The van der Waals surface area contributed by atoms with Crippen molar-refractivity contribution in [3.63, 3.8) is 0 Å². The SMILES string of the molecule is CNCc1cn(C2CCCCC2O)nn1. The standard InChI is InChI=1S/C10H18N4O/c1-11-6-8-7-14(13-12-8)9-4-2-3-5-10(9)15/h7,9-11,15H,2-6H2,1H3. The summed E-state index contributed by atoms with van der Waals surface area (Å²) in [4.78, 5) is 0. The van der Waals surface area contributed by atoms with Gasteiger partial charge in [-0.15, -0.1) is 5.10 Å². The molecule has 1 aromatic heterocycles. The molecule has 5 heteroatoms. The molecule has 2 unspecified atom stereocenters. The van der Waals surface area contributed by atoms with Crippen molar-refractivity contribution >= 4 is 0 Å². The third kappa shape index (κ3) is 2.35. The Morgan fingerprint density at radius 2 is 2.33 bits per heavy atom. The summed E-state index contributed by atoms with van der Waals surface area (Å²) in [7, 11) is 1.88. The van der Waals surface area contributed by atoms with Crippen LogP contribution in [0.25, 0.3) is 0 Å². The lowest BCUT2D eigenvalue weighted by Crippen LogP contribution is -2.27. The highest BCUT2D eigenvalue weighted by molar-refractivity contribution is 4.94. The van der Waals surface area contributed by atoms with E-state index in [9.17, 15) is 5.11 Å². The van der Waals surface area contributed by atoms with Crippen LogP contribution in [0.5, 0.6) is 0 Å². The number of nitrogens with zero attached hydrogens (tertiary/aromatic N) is 3. The lowest BCUT2D eigenvalue weighted by Gasteiger charge is -2.27. The van der Waals surface area contributed by atoms with Crippen LogP contribution < -0.4 is 5.32 Å². The second kappa shape index (κ2) is 4.72. The molecule has 2 rings (SSSR count). The maximum Gasteiger partial charge on any atom is 0.0964 e. The van der Waals surface area contributed by atoms with Crippen LogP contribution in [0.3, 0.4) is 0 Å². The zero-order valence-electron chi connectivity index (χ0n) is 9.06. The maximum atomic E-state index is 9.86. The van der Waals surface area contributed by atoms with E-state index in [0.29, 0.717) is 0 Å². The number of aliphatic hydroxyl groups is 1. The summed E-state index contributed by atoms with van der Waals surface area (Å²) < 4.78 is 1.82. The van der Waals surface area contributed by atoms with Crippen LogP contribution >= 0.6 is 0 Å². The summed E-state index contributed by atoms with van der Waals surface area (Å²) in [5.74, 6) is 0. The van der Waals surface area contributed by atoms with Gasteiger partial charge in [0.2, 0.25) is 0 Å². The molecule has 1 aliphatic rings. The molecule has 0 aromatic carbocycles. The van der Waals surface area contributed by atoms with Crippen molar-refractivity contribution in [2.75, 3.05) is 7.05 Å². The first-order valence-electron chi connectivity index (χ1n) is 5.54. The fraction of sp³-hybridized carbons (Fsp3) is 0.800. The highest BCUT2D eigenvalue weighted by Crippen LogP contribution is 2.27. The number of aliphatic hydroxyl groups excluding tert-OH is 1. The molecule has 0 radical (unpaired) electrons. The van der Waals surface area contributed by atoms with Gasteiger partial charge in [0.25, 0.3) is 0 Å². The largest absolute Gasteiger partial charge is 0.391 e. The van der Waals surface area contributed by atoms with Crippen LogP contribution in [0.4, 0.5) is 0 Å². The van der Waals surface area contributed by atoms with E-state index in [2.05, 4.69) is 15.6 Å². The average Bonchev–Trinajstić information content (AvgIpc) is 2.68. The minimum absolute atomic E-state index is 0.122. The summed E-state index contributed by atoms with van der Waals surface area (Å²) >= 11 is 0. The van der Waals surface area contributed by atoms with Crippen LogP contribution in [0.2, 0.25) is 0 Å². The van der Waals surface area contributed by atoms with Gasteiger partial charge in [0, 0.05) is 6.54 Å². The van der Waals surface area contributed by atoms with Crippen LogP contribution in [-0.2, 0) is 6.54 Å². The molecule has 1 aliphatic carbocycles. The van der Waals surface area contributed by atoms with E-state index in [1.165, 1.54) is 6.42 Å². The molecule has 5 nitrogen and oxygen atoms in total. The van der Waals surface area contributed by atoms with E-state index in [4.69, 9.17) is 0 Å². The van der Waals surface area contributed by atoms with E-state index in [1.54, 1.807) is 0 Å². The van der Waals surface area contributed by atoms with Crippen molar-refractivity contribution in [2.24, 2.45) is 0 Å². The summed E-state index contributed by atoms with van der Waals surface area (Å²) in [6, 6.07) is 0.122. The number of hydrogen-bond acceptors (Lipinski definition) is 4. The molecule has 2 atom stereocenters. The highest BCUT2D eigenvalue weighted by atomic mass is 16.3. The van der Waals surface area contributed by atoms with Crippen molar-refractivity contribution in [3.8, 4) is 0 Å². The van der Waals surface area contributed by atoms with Crippen molar-refractivity contribution in [1.29, 1.82) is 0 Å². The fourth-order valence-corrected chi connectivity index (χ4v) is 2.14. The van der Waals surface area contributed by atoms with Gasteiger partial charge < -0.3 is 10.4 Å². The molecular weight excluding hydrogens is 192 g/mol. The molecule has 0 amide bonds. The van der Waals surface area contributed by atoms with E-state index in [0.717, 1.165) is 31.5 Å². The normalized spacial score (nSPS) is 26.8. The Bertz CT molecular complexity index is 312. The van der Waals surface area contributed by atoms with Crippen LogP contribution in [-0.4, -0.2) is 33.3 Å². The van der Waals surface area contributed by atoms with Crippen molar-refractivity contribution in [1.82, 2.24) is 20.3 Å². The molecule has 0 aliphatic heterocycles. The Morgan fingerprint density at radius 3 is 3.07 bits per heavy atom. The number of hydrogen-bond donors (Lipinski definition) is 2. The molecule has 2 N–H and O–H groups in total. The van der Waals surface area contributed by atoms with Gasteiger partial charge in [-0.1, -0.05) is 18.1 Å². The van der Waals surface area contributed by atoms with Crippen molar-refractivity contribution in [2.45, 2.75) is 44.4 Å². The lowest BCUT2D eigenvalue weighted by molar-refractivity contribution is 0.0685. The predicted molar refractivity (Wildman–Crippen MR) is 56.3 cm³/mol. The molecule has 1 saturated carbocycles. The summed E-state index contributed by atoms with van der Waals surface area (Å²) in [5.41, 5.74) is 0.926. The highest BCUT2D eigenvalue weighted by Gasteiger charge is 2.25. The molecule has 84 valence electrons. The molecule has 1 fully saturated rings. The quantitative estimate of drug-likeness (QED) is 0.761. The van der Waals surface area contributed by atoms with Gasteiger partial charge in [-0.2, -0.15) is 0 Å². The van der Waals surface area contributed by atoms with E-state index >= 15 is 0 Å². The fourth-order valence-electron chi connectivity index (χ4n) is 2.14. The van der Waals surface area contributed by atoms with Gasteiger partial charge in [0.1, 0.15) is 0 Å². The minimum atomic E-state index is -0.261. The van der Waals surface area contributed by atoms with Crippen molar-refractivity contribution < 1.29 is 5.11 Å². The number of aromatic nitrogens is 3. The zero-order chi connectivity index (χ0) is 10.7. The van der Waals surface area contributed by atoms with Gasteiger partial charge in [0.15, 0.2) is 0 Å². The topological polar surface area (TPSA) is 63.0 Å². The van der Waals surface area contributed by atoms with E-state index < -0.39 is 0 Å². The predicted octanol–water partition coefficient (Wildman–Crippen LogP) is 0.473. The molecule has 0 bridgehead atoms. The third-order valence-corrected chi connectivity index (χ3v) is 2.95. The van der Waals surface area contributed by atoms with Gasteiger partial charge >= 0.3 is 0 Å². The van der Waals surface area contributed by atoms with Crippen LogP contribution in [0, 0.1) is 0 Å². The second-order valence-electron chi connectivity index (χ2n) is 4.14. The Balaban J connectivity index is 2.06. The molecular formula is C10H18N4O. The van der Waals surface area contributed by atoms with Gasteiger partial charge in [-0.3, -0.25) is 0 Å². The first-order chi connectivity index (χ1) is 7.31. The van der Waals surface area contributed by atoms with Crippen molar-refractivity contribution in [3.05, 3.63) is 11.9 Å². The Kier molecular flexibility index (Phi) is 3.33. The average molecular weight is 210 g/mol.